The molecule has 0 saturated heterocycles. The number of hydrogen-bond donors (Lipinski definition) is 0. The molecule has 0 aromatic heterocycles. The highest BCUT2D eigenvalue weighted by molar-refractivity contribution is 6.32. The highest BCUT2D eigenvalue weighted by Crippen LogP contribution is 2.31. The summed E-state index contributed by atoms with van der Waals surface area (Å²) in [6.45, 7) is 3.25. The van der Waals surface area contributed by atoms with Crippen LogP contribution in [0.1, 0.15) is 38.2 Å². The summed E-state index contributed by atoms with van der Waals surface area (Å²) in [4.78, 5) is 2.47. The van der Waals surface area contributed by atoms with Gasteiger partial charge in [-0.2, -0.15) is 0 Å². The van der Waals surface area contributed by atoms with Crippen LogP contribution in [0.15, 0.2) is 18.2 Å². The fourth-order valence-corrected chi connectivity index (χ4v) is 3.23. The SMILES string of the molecule is CCN(c1ccc(CCl)c(Cl)c1)C1CCCC1. The lowest BCUT2D eigenvalue weighted by Gasteiger charge is -2.30. The fraction of sp³-hybridized carbons (Fsp3) is 0.571. The first kappa shape index (κ1) is 13.0. The number of alkyl halides is 1. The van der Waals surface area contributed by atoms with Crippen molar-refractivity contribution in [3.8, 4) is 0 Å². The fourth-order valence-electron chi connectivity index (χ4n) is 2.69. The zero-order valence-electron chi connectivity index (χ0n) is 10.3. The Kier molecular flexibility index (Phi) is 4.58. The Bertz CT molecular complexity index is 372. The van der Waals surface area contributed by atoms with E-state index in [1.807, 2.05) is 6.07 Å². The number of benzene rings is 1. The largest absolute Gasteiger partial charge is 0.369 e. The summed E-state index contributed by atoms with van der Waals surface area (Å²) in [7, 11) is 0. The second-order valence-corrected chi connectivity index (χ2v) is 5.31. The molecule has 0 bridgehead atoms. The van der Waals surface area contributed by atoms with Gasteiger partial charge in [0.05, 0.1) is 0 Å². The van der Waals surface area contributed by atoms with Gasteiger partial charge in [-0.1, -0.05) is 30.5 Å². The molecule has 2 rings (SSSR count). The highest BCUT2D eigenvalue weighted by atomic mass is 35.5. The molecular weight excluding hydrogens is 253 g/mol. The highest BCUT2D eigenvalue weighted by Gasteiger charge is 2.21. The smallest absolute Gasteiger partial charge is 0.0488 e. The minimum Gasteiger partial charge on any atom is -0.369 e. The average molecular weight is 272 g/mol. The maximum Gasteiger partial charge on any atom is 0.0488 e. The van der Waals surface area contributed by atoms with Crippen LogP contribution >= 0.6 is 23.2 Å². The van der Waals surface area contributed by atoms with Crippen LogP contribution in [0.3, 0.4) is 0 Å². The van der Waals surface area contributed by atoms with Gasteiger partial charge in [0.15, 0.2) is 0 Å². The summed E-state index contributed by atoms with van der Waals surface area (Å²) in [5.41, 5.74) is 2.25. The molecule has 1 aromatic rings. The Morgan fingerprint density at radius 2 is 2.00 bits per heavy atom. The van der Waals surface area contributed by atoms with E-state index in [4.69, 9.17) is 23.2 Å². The van der Waals surface area contributed by atoms with Crippen LogP contribution in [0, 0.1) is 0 Å². The third-order valence-electron chi connectivity index (χ3n) is 3.62. The van der Waals surface area contributed by atoms with Crippen molar-refractivity contribution in [2.45, 2.75) is 44.5 Å². The molecule has 0 spiro atoms. The predicted octanol–water partition coefficient (Wildman–Crippen LogP) is 4.85. The van der Waals surface area contributed by atoms with Crippen LogP contribution in [-0.4, -0.2) is 12.6 Å². The molecule has 0 aliphatic heterocycles. The topological polar surface area (TPSA) is 3.24 Å². The molecular formula is C14H19Cl2N. The van der Waals surface area contributed by atoms with Crippen molar-refractivity contribution < 1.29 is 0 Å². The Morgan fingerprint density at radius 3 is 2.53 bits per heavy atom. The van der Waals surface area contributed by atoms with E-state index in [9.17, 15) is 0 Å². The Labute approximate surface area is 114 Å². The van der Waals surface area contributed by atoms with Crippen LogP contribution in [0.4, 0.5) is 5.69 Å². The van der Waals surface area contributed by atoms with Crippen molar-refractivity contribution in [2.24, 2.45) is 0 Å². The van der Waals surface area contributed by atoms with E-state index in [-0.39, 0.29) is 0 Å². The van der Waals surface area contributed by atoms with Crippen molar-refractivity contribution in [1.82, 2.24) is 0 Å². The number of hydrogen-bond acceptors (Lipinski definition) is 1. The number of nitrogens with zero attached hydrogens (tertiary/aromatic N) is 1. The molecule has 1 saturated carbocycles. The van der Waals surface area contributed by atoms with Crippen molar-refractivity contribution in [3.05, 3.63) is 28.8 Å². The van der Waals surface area contributed by atoms with E-state index < -0.39 is 0 Å². The maximum absolute atomic E-state index is 6.23. The monoisotopic (exact) mass is 271 g/mol. The number of rotatable bonds is 4. The summed E-state index contributed by atoms with van der Waals surface area (Å²) in [5, 5.41) is 0.786. The van der Waals surface area contributed by atoms with Crippen LogP contribution < -0.4 is 4.90 Å². The van der Waals surface area contributed by atoms with Gasteiger partial charge in [0.25, 0.3) is 0 Å². The van der Waals surface area contributed by atoms with E-state index in [0.29, 0.717) is 11.9 Å². The first-order valence-corrected chi connectivity index (χ1v) is 7.28. The summed E-state index contributed by atoms with van der Waals surface area (Å²) in [6.07, 6.45) is 5.33. The van der Waals surface area contributed by atoms with Crippen molar-refractivity contribution in [2.75, 3.05) is 11.4 Å². The molecule has 1 aromatic carbocycles. The molecule has 3 heteroatoms. The summed E-state index contributed by atoms with van der Waals surface area (Å²) < 4.78 is 0. The van der Waals surface area contributed by atoms with E-state index in [1.54, 1.807) is 0 Å². The zero-order chi connectivity index (χ0) is 12.3. The molecule has 0 N–H and O–H groups in total. The predicted molar refractivity (Wildman–Crippen MR) is 76.3 cm³/mol. The van der Waals surface area contributed by atoms with Gasteiger partial charge in [-0.05, 0) is 37.5 Å². The van der Waals surface area contributed by atoms with Gasteiger partial charge in [0.1, 0.15) is 0 Å². The average Bonchev–Trinajstić information content (AvgIpc) is 2.84. The second-order valence-electron chi connectivity index (χ2n) is 4.63. The quantitative estimate of drug-likeness (QED) is 0.708. The van der Waals surface area contributed by atoms with Crippen LogP contribution in [-0.2, 0) is 5.88 Å². The van der Waals surface area contributed by atoms with Gasteiger partial charge >= 0.3 is 0 Å². The molecule has 1 fully saturated rings. The lowest BCUT2D eigenvalue weighted by atomic mass is 10.1. The van der Waals surface area contributed by atoms with Gasteiger partial charge in [0, 0.05) is 29.2 Å². The van der Waals surface area contributed by atoms with Crippen molar-refractivity contribution in [3.63, 3.8) is 0 Å². The van der Waals surface area contributed by atoms with Gasteiger partial charge in [-0.25, -0.2) is 0 Å². The van der Waals surface area contributed by atoms with Gasteiger partial charge in [-0.15, -0.1) is 11.6 Å². The standard InChI is InChI=1S/C14H19Cl2N/c1-2-17(12-5-3-4-6-12)13-8-7-11(10-15)14(16)9-13/h7-9,12H,2-6,10H2,1H3. The molecule has 1 aliphatic rings. The first-order valence-electron chi connectivity index (χ1n) is 6.37. The van der Waals surface area contributed by atoms with Crippen molar-refractivity contribution >= 4 is 28.9 Å². The number of halogens is 2. The van der Waals surface area contributed by atoms with Gasteiger partial charge < -0.3 is 4.90 Å². The van der Waals surface area contributed by atoms with Crippen LogP contribution in [0.25, 0.3) is 0 Å². The summed E-state index contributed by atoms with van der Waals surface area (Å²) >= 11 is 12.1. The van der Waals surface area contributed by atoms with Crippen LogP contribution in [0.2, 0.25) is 5.02 Å². The van der Waals surface area contributed by atoms with Crippen molar-refractivity contribution in [1.29, 1.82) is 0 Å². The van der Waals surface area contributed by atoms with Gasteiger partial charge in [-0.3, -0.25) is 0 Å². The van der Waals surface area contributed by atoms with E-state index in [0.717, 1.165) is 17.1 Å². The third-order valence-corrected chi connectivity index (χ3v) is 4.26. The lowest BCUT2D eigenvalue weighted by molar-refractivity contribution is 0.620. The first-order chi connectivity index (χ1) is 8.26. The molecule has 17 heavy (non-hydrogen) atoms. The van der Waals surface area contributed by atoms with E-state index in [1.165, 1.54) is 31.4 Å². The van der Waals surface area contributed by atoms with E-state index >= 15 is 0 Å². The van der Waals surface area contributed by atoms with Gasteiger partial charge in [0.2, 0.25) is 0 Å². The molecule has 0 amide bonds. The Hall–Kier alpha value is -0.400. The molecule has 1 aliphatic carbocycles. The Morgan fingerprint density at radius 1 is 1.29 bits per heavy atom. The Balaban J connectivity index is 2.21. The molecule has 1 nitrogen and oxygen atoms in total. The minimum atomic E-state index is 0.481. The number of anilines is 1. The zero-order valence-corrected chi connectivity index (χ0v) is 11.8. The van der Waals surface area contributed by atoms with Crippen LogP contribution in [0.5, 0.6) is 0 Å². The molecule has 94 valence electrons. The summed E-state index contributed by atoms with van der Waals surface area (Å²) in [6, 6.07) is 6.94. The lowest BCUT2D eigenvalue weighted by Crippen LogP contribution is -2.32. The second kappa shape index (κ2) is 5.97. The molecule has 0 heterocycles. The third kappa shape index (κ3) is 2.89. The molecule has 0 atom stereocenters. The molecule has 0 radical (unpaired) electrons. The van der Waals surface area contributed by atoms with E-state index in [2.05, 4.69) is 24.0 Å². The summed E-state index contributed by atoms with van der Waals surface area (Å²) in [5.74, 6) is 0.481. The minimum absolute atomic E-state index is 0.481. The normalized spacial score (nSPS) is 16.4. The molecule has 0 unspecified atom stereocenters. The maximum atomic E-state index is 6.23.